The lowest BCUT2D eigenvalue weighted by Gasteiger charge is -2.28. The van der Waals surface area contributed by atoms with Gasteiger partial charge in [0, 0.05) is 29.6 Å². The summed E-state index contributed by atoms with van der Waals surface area (Å²) in [5.41, 5.74) is 5.96. The molecule has 0 aromatic rings. The smallest absolute Gasteiger partial charge is 0.0226 e. The molecule has 2 N–H and O–H groups in total. The molecule has 1 unspecified atom stereocenters. The first-order chi connectivity index (χ1) is 5.97. The van der Waals surface area contributed by atoms with Crippen molar-refractivity contribution in [2.24, 2.45) is 5.73 Å². The highest BCUT2D eigenvalue weighted by atomic mass is 32.2. The maximum Gasteiger partial charge on any atom is 0.0226 e. The van der Waals surface area contributed by atoms with Crippen LogP contribution in [0.2, 0.25) is 0 Å². The second-order valence-electron chi connectivity index (χ2n) is 4.73. The molecule has 0 aliphatic carbocycles. The average molecular weight is 202 g/mol. The fraction of sp³-hybridized carbons (Fsp3) is 1.00. The van der Waals surface area contributed by atoms with Crippen molar-refractivity contribution in [3.8, 4) is 0 Å². The number of nitrogens with zero attached hydrogens (tertiary/aromatic N) is 1. The minimum absolute atomic E-state index is 0.0434. The quantitative estimate of drug-likeness (QED) is 0.737. The Balaban J connectivity index is 2.34. The summed E-state index contributed by atoms with van der Waals surface area (Å²) in [5, 5.41) is 0.825. The highest BCUT2D eigenvalue weighted by Gasteiger charge is 2.19. The molecule has 0 aromatic carbocycles. The minimum Gasteiger partial charge on any atom is -0.324 e. The summed E-state index contributed by atoms with van der Waals surface area (Å²) in [6.07, 6.45) is 1.31. The molecule has 1 saturated heterocycles. The second-order valence-corrected chi connectivity index (χ2v) is 6.28. The zero-order valence-electron chi connectivity index (χ0n) is 9.05. The first kappa shape index (κ1) is 11.3. The number of hydrogen-bond donors (Lipinski definition) is 1. The number of nitrogens with two attached hydrogens (primary N) is 1. The van der Waals surface area contributed by atoms with Crippen LogP contribution >= 0.6 is 11.8 Å². The molecule has 0 radical (unpaired) electrons. The molecule has 1 aliphatic heterocycles. The largest absolute Gasteiger partial charge is 0.324 e. The Bertz CT molecular complexity index is 153. The Hall–Kier alpha value is 0.270. The fourth-order valence-corrected chi connectivity index (χ4v) is 2.71. The molecule has 0 spiro atoms. The molecule has 1 rings (SSSR count). The summed E-state index contributed by atoms with van der Waals surface area (Å²) in [4.78, 5) is 2.50. The number of hydrogen-bond acceptors (Lipinski definition) is 3. The zero-order valence-corrected chi connectivity index (χ0v) is 9.86. The van der Waals surface area contributed by atoms with Gasteiger partial charge in [-0.1, -0.05) is 6.92 Å². The van der Waals surface area contributed by atoms with E-state index in [9.17, 15) is 0 Å². The van der Waals surface area contributed by atoms with Crippen molar-refractivity contribution in [3.63, 3.8) is 0 Å². The molecule has 1 aliphatic rings. The summed E-state index contributed by atoms with van der Waals surface area (Å²) in [6.45, 7) is 9.98. The van der Waals surface area contributed by atoms with Crippen LogP contribution in [0.4, 0.5) is 0 Å². The van der Waals surface area contributed by atoms with E-state index in [0.717, 1.165) is 11.8 Å². The summed E-state index contributed by atoms with van der Waals surface area (Å²) < 4.78 is 0. The standard InChI is InChI=1S/C10H22N2S/c1-9-4-5-12(6-7-13-9)8-10(2,3)11/h9H,4-8,11H2,1-3H3. The van der Waals surface area contributed by atoms with E-state index in [2.05, 4.69) is 37.4 Å². The Labute approximate surface area is 86.2 Å². The van der Waals surface area contributed by atoms with Crippen molar-refractivity contribution < 1.29 is 0 Å². The SMILES string of the molecule is CC1CCN(CC(C)(C)N)CCS1. The predicted molar refractivity (Wildman–Crippen MR) is 61.2 cm³/mol. The zero-order chi connectivity index (χ0) is 9.90. The Morgan fingerprint density at radius 3 is 2.77 bits per heavy atom. The molecular weight excluding hydrogens is 180 g/mol. The monoisotopic (exact) mass is 202 g/mol. The molecule has 2 nitrogen and oxygen atoms in total. The van der Waals surface area contributed by atoms with E-state index in [1.54, 1.807) is 0 Å². The topological polar surface area (TPSA) is 29.3 Å². The second kappa shape index (κ2) is 4.67. The molecular formula is C10H22N2S. The molecule has 0 aromatic heterocycles. The first-order valence-corrected chi connectivity index (χ1v) is 6.15. The molecule has 0 amide bonds. The maximum absolute atomic E-state index is 6.00. The Kier molecular flexibility index (Phi) is 4.07. The van der Waals surface area contributed by atoms with Gasteiger partial charge >= 0.3 is 0 Å². The molecule has 3 heteroatoms. The average Bonchev–Trinajstić information content (AvgIpc) is 2.12. The van der Waals surface area contributed by atoms with Gasteiger partial charge in [0.05, 0.1) is 0 Å². The van der Waals surface area contributed by atoms with Gasteiger partial charge in [-0.2, -0.15) is 11.8 Å². The first-order valence-electron chi connectivity index (χ1n) is 5.10. The molecule has 1 atom stereocenters. The number of thioether (sulfide) groups is 1. The Morgan fingerprint density at radius 1 is 1.46 bits per heavy atom. The highest BCUT2D eigenvalue weighted by molar-refractivity contribution is 7.99. The highest BCUT2D eigenvalue weighted by Crippen LogP contribution is 2.19. The van der Waals surface area contributed by atoms with Crippen molar-refractivity contribution in [1.82, 2.24) is 4.90 Å². The van der Waals surface area contributed by atoms with Crippen LogP contribution in [-0.2, 0) is 0 Å². The molecule has 1 heterocycles. The van der Waals surface area contributed by atoms with Crippen LogP contribution in [0.15, 0.2) is 0 Å². The number of rotatable bonds is 2. The van der Waals surface area contributed by atoms with Gasteiger partial charge in [0.25, 0.3) is 0 Å². The summed E-state index contributed by atoms with van der Waals surface area (Å²) in [7, 11) is 0. The minimum atomic E-state index is -0.0434. The predicted octanol–water partition coefficient (Wildman–Crippen LogP) is 1.55. The van der Waals surface area contributed by atoms with Crippen molar-refractivity contribution in [3.05, 3.63) is 0 Å². The van der Waals surface area contributed by atoms with E-state index in [4.69, 9.17) is 5.73 Å². The molecule has 0 saturated carbocycles. The molecule has 1 fully saturated rings. The van der Waals surface area contributed by atoms with Crippen LogP contribution in [0.5, 0.6) is 0 Å². The van der Waals surface area contributed by atoms with Crippen LogP contribution in [0, 0.1) is 0 Å². The van der Waals surface area contributed by atoms with E-state index in [1.807, 2.05) is 0 Å². The van der Waals surface area contributed by atoms with E-state index in [-0.39, 0.29) is 5.54 Å². The molecule has 0 bridgehead atoms. The fourth-order valence-electron chi connectivity index (χ4n) is 1.68. The lowest BCUT2D eigenvalue weighted by atomic mass is 10.1. The van der Waals surface area contributed by atoms with E-state index >= 15 is 0 Å². The normalized spacial score (nSPS) is 27.2. The molecule has 13 heavy (non-hydrogen) atoms. The van der Waals surface area contributed by atoms with Gasteiger partial charge in [-0.3, -0.25) is 0 Å². The lowest BCUT2D eigenvalue weighted by Crippen LogP contribution is -2.46. The van der Waals surface area contributed by atoms with Crippen molar-refractivity contribution in [2.45, 2.75) is 38.0 Å². The lowest BCUT2D eigenvalue weighted by molar-refractivity contribution is 0.239. The van der Waals surface area contributed by atoms with Crippen molar-refractivity contribution in [1.29, 1.82) is 0 Å². The van der Waals surface area contributed by atoms with Crippen LogP contribution < -0.4 is 5.73 Å². The van der Waals surface area contributed by atoms with Gasteiger partial charge in [-0.25, -0.2) is 0 Å². The summed E-state index contributed by atoms with van der Waals surface area (Å²) >= 11 is 2.09. The van der Waals surface area contributed by atoms with Crippen LogP contribution in [0.3, 0.4) is 0 Å². The maximum atomic E-state index is 6.00. The van der Waals surface area contributed by atoms with E-state index in [0.29, 0.717) is 0 Å². The Morgan fingerprint density at radius 2 is 2.15 bits per heavy atom. The third-order valence-corrected chi connectivity index (χ3v) is 3.52. The summed E-state index contributed by atoms with van der Waals surface area (Å²) in [5.74, 6) is 1.26. The van der Waals surface area contributed by atoms with Crippen LogP contribution in [0.1, 0.15) is 27.2 Å². The van der Waals surface area contributed by atoms with Crippen LogP contribution in [-0.4, -0.2) is 41.1 Å². The van der Waals surface area contributed by atoms with Gasteiger partial charge in [-0.05, 0) is 26.8 Å². The van der Waals surface area contributed by atoms with Gasteiger partial charge in [0.15, 0.2) is 0 Å². The van der Waals surface area contributed by atoms with E-state index < -0.39 is 0 Å². The van der Waals surface area contributed by atoms with Crippen molar-refractivity contribution >= 4 is 11.8 Å². The van der Waals surface area contributed by atoms with Crippen molar-refractivity contribution in [2.75, 3.05) is 25.4 Å². The molecule has 78 valence electrons. The third kappa shape index (κ3) is 4.89. The van der Waals surface area contributed by atoms with Crippen LogP contribution in [0.25, 0.3) is 0 Å². The van der Waals surface area contributed by atoms with Gasteiger partial charge in [0.2, 0.25) is 0 Å². The van der Waals surface area contributed by atoms with Gasteiger partial charge < -0.3 is 10.6 Å². The van der Waals surface area contributed by atoms with Gasteiger partial charge in [0.1, 0.15) is 0 Å². The van der Waals surface area contributed by atoms with Gasteiger partial charge in [-0.15, -0.1) is 0 Å². The summed E-state index contributed by atoms with van der Waals surface area (Å²) in [6, 6.07) is 0. The third-order valence-electron chi connectivity index (χ3n) is 2.29. The van der Waals surface area contributed by atoms with E-state index in [1.165, 1.54) is 25.3 Å².